The Morgan fingerprint density at radius 2 is 2.11 bits per heavy atom. The largest absolute Gasteiger partial charge is 0.443 e. The van der Waals surface area contributed by atoms with Gasteiger partial charge in [0, 0.05) is 6.16 Å². The fourth-order valence-electron chi connectivity index (χ4n) is 0.470. The van der Waals surface area contributed by atoms with E-state index in [9.17, 15) is 4.57 Å². The van der Waals surface area contributed by atoms with E-state index in [0.29, 0.717) is 29.4 Å². The minimum atomic E-state index is -2.62. The van der Waals surface area contributed by atoms with Gasteiger partial charge in [-0.25, -0.2) is 0 Å². The van der Waals surface area contributed by atoms with Crippen molar-refractivity contribution in [3.8, 4) is 0 Å². The fourth-order valence-corrected chi connectivity index (χ4v) is 2.50. The molecule has 0 spiro atoms. The molecule has 54 valence electrons. The Balaban J connectivity index is 3.78. The van der Waals surface area contributed by atoms with Crippen molar-refractivity contribution in [1.29, 1.82) is 0 Å². The molecule has 0 aromatic heterocycles. The molecular weight excluding hydrogens is 154 g/mol. The van der Waals surface area contributed by atoms with Crippen LogP contribution in [0.5, 0.6) is 0 Å². The fraction of sp³-hybridized carbons (Fsp3) is 1.00. The van der Waals surface area contributed by atoms with Gasteiger partial charge in [-0.3, -0.25) is 4.57 Å². The van der Waals surface area contributed by atoms with Crippen LogP contribution >= 0.6 is 7.60 Å². The summed E-state index contributed by atoms with van der Waals surface area (Å²) in [5, 5.41) is 0. The van der Waals surface area contributed by atoms with Gasteiger partial charge in [-0.1, -0.05) is 6.92 Å². The maximum absolute atomic E-state index is 11.1. The summed E-state index contributed by atoms with van der Waals surface area (Å²) in [5.74, 6) is 0. The minimum absolute atomic E-state index is 0.466. The van der Waals surface area contributed by atoms with Gasteiger partial charge in [0.25, 0.3) is 0 Å². The third kappa shape index (κ3) is 3.40. The van der Waals surface area contributed by atoms with Crippen molar-refractivity contribution < 1.29 is 12.7 Å². The van der Waals surface area contributed by atoms with Gasteiger partial charge in [0.2, 0.25) is 0 Å². The normalized spacial score (nSPS) is 17.1. The van der Waals surface area contributed by atoms with Crippen molar-refractivity contribution in [2.45, 2.75) is 13.8 Å². The Labute approximate surface area is 64.0 Å². The standard InChI is InChI=1S/C4H11O3P.Al.2H/c1-3-7-8(5,6)4-2;;;/h3-4H2,1-2H3,(H,5,6);;;/q;+1;;/p-1. The molecule has 0 aromatic rings. The molecule has 9 heavy (non-hydrogen) atoms. The number of hydrogen-bond acceptors (Lipinski definition) is 3. The van der Waals surface area contributed by atoms with E-state index in [1.54, 1.807) is 6.92 Å². The van der Waals surface area contributed by atoms with Crippen LogP contribution in [-0.4, -0.2) is 29.4 Å². The molecule has 0 aliphatic heterocycles. The third-order valence-electron chi connectivity index (χ3n) is 0.991. The summed E-state index contributed by atoms with van der Waals surface area (Å²) in [4.78, 5) is 0. The molecule has 0 amide bonds. The lowest BCUT2D eigenvalue weighted by Crippen LogP contribution is -1.94. The van der Waals surface area contributed by atoms with E-state index in [1.165, 1.54) is 0 Å². The van der Waals surface area contributed by atoms with Gasteiger partial charge in [-0.15, -0.1) is 0 Å². The number of hydrogen-bond donors (Lipinski definition) is 0. The minimum Gasteiger partial charge on any atom is -0.443 e. The summed E-state index contributed by atoms with van der Waals surface area (Å²) in [6, 6.07) is 0. The Bertz CT molecular complexity index is 108. The highest BCUT2D eigenvalue weighted by atomic mass is 31.2. The number of rotatable bonds is 4. The highest BCUT2D eigenvalue weighted by molar-refractivity contribution is 7.54. The van der Waals surface area contributed by atoms with Gasteiger partial charge in [-0.2, -0.15) is 0 Å². The van der Waals surface area contributed by atoms with Crippen molar-refractivity contribution in [2.24, 2.45) is 0 Å². The lowest BCUT2D eigenvalue weighted by Gasteiger charge is -2.13. The topological polar surface area (TPSA) is 35.5 Å². The molecule has 3 nitrogen and oxygen atoms in total. The van der Waals surface area contributed by atoms with E-state index in [4.69, 9.17) is 8.10 Å². The van der Waals surface area contributed by atoms with Crippen LogP contribution in [0, 0.1) is 0 Å². The maximum atomic E-state index is 11.1. The van der Waals surface area contributed by atoms with E-state index in [0.717, 1.165) is 0 Å². The SMILES string of the molecule is CCOP(=O)(CC)[O][AlH2]. The average molecular weight is 166 g/mol. The van der Waals surface area contributed by atoms with E-state index in [1.807, 2.05) is 6.92 Å². The van der Waals surface area contributed by atoms with Gasteiger partial charge in [0.1, 0.15) is 0 Å². The van der Waals surface area contributed by atoms with Crippen LogP contribution in [0.15, 0.2) is 0 Å². The second-order valence-corrected chi connectivity index (χ2v) is 5.10. The van der Waals surface area contributed by atoms with Crippen LogP contribution in [0.4, 0.5) is 0 Å². The first kappa shape index (κ1) is 9.68. The second-order valence-electron chi connectivity index (χ2n) is 1.53. The summed E-state index contributed by atoms with van der Waals surface area (Å²) in [7, 11) is -2.62. The molecule has 0 aliphatic rings. The van der Waals surface area contributed by atoms with Crippen LogP contribution in [0.2, 0.25) is 0 Å². The van der Waals surface area contributed by atoms with Gasteiger partial charge < -0.3 is 8.10 Å². The van der Waals surface area contributed by atoms with Gasteiger partial charge in [0.05, 0.1) is 6.61 Å². The van der Waals surface area contributed by atoms with Crippen LogP contribution in [0.25, 0.3) is 0 Å². The Morgan fingerprint density at radius 3 is 2.22 bits per heavy atom. The molecule has 0 aromatic carbocycles. The zero-order valence-corrected chi connectivity index (χ0v) is 8.98. The molecule has 0 heterocycles. The van der Waals surface area contributed by atoms with Crippen molar-refractivity contribution in [1.82, 2.24) is 0 Å². The summed E-state index contributed by atoms with van der Waals surface area (Å²) in [6.07, 6.45) is 0.477. The predicted molar refractivity (Wildman–Crippen MR) is 39.4 cm³/mol. The van der Waals surface area contributed by atoms with Crippen molar-refractivity contribution in [3.63, 3.8) is 0 Å². The van der Waals surface area contributed by atoms with Gasteiger partial charge in [0.15, 0.2) is 0 Å². The Hall–Kier alpha value is 0.682. The lowest BCUT2D eigenvalue weighted by molar-refractivity contribution is 0.286. The average Bonchev–Trinajstić information content (AvgIpc) is 1.89. The molecule has 0 rings (SSSR count). The van der Waals surface area contributed by atoms with E-state index < -0.39 is 7.60 Å². The molecule has 0 saturated heterocycles. The Morgan fingerprint density at radius 1 is 1.56 bits per heavy atom. The molecule has 1 unspecified atom stereocenters. The van der Waals surface area contributed by atoms with E-state index >= 15 is 0 Å². The predicted octanol–water partition coefficient (Wildman–Crippen LogP) is 0.801. The quantitative estimate of drug-likeness (QED) is 0.457. The van der Waals surface area contributed by atoms with Crippen molar-refractivity contribution in [3.05, 3.63) is 0 Å². The first-order valence-corrected chi connectivity index (χ1v) is 5.52. The van der Waals surface area contributed by atoms with Gasteiger partial charge >= 0.3 is 24.2 Å². The lowest BCUT2D eigenvalue weighted by atomic mass is 10.9. The first-order valence-electron chi connectivity index (χ1n) is 2.98. The smallest absolute Gasteiger partial charge is 0.422 e. The van der Waals surface area contributed by atoms with Crippen molar-refractivity contribution >= 4 is 24.2 Å². The van der Waals surface area contributed by atoms with Gasteiger partial charge in [-0.05, 0) is 6.92 Å². The zero-order chi connectivity index (χ0) is 7.33. The molecule has 0 bridgehead atoms. The maximum Gasteiger partial charge on any atom is 0.422 e. The van der Waals surface area contributed by atoms with Crippen LogP contribution < -0.4 is 0 Å². The molecule has 0 N–H and O–H groups in total. The monoisotopic (exact) mass is 166 g/mol. The molecular formula is C4H12AlO3P. The third-order valence-corrected chi connectivity index (χ3v) is 4.64. The van der Waals surface area contributed by atoms with Crippen LogP contribution in [-0.2, 0) is 12.7 Å². The van der Waals surface area contributed by atoms with Crippen LogP contribution in [0.3, 0.4) is 0 Å². The molecule has 0 saturated carbocycles. The van der Waals surface area contributed by atoms with Crippen LogP contribution in [0.1, 0.15) is 13.8 Å². The molecule has 1 atom stereocenters. The van der Waals surface area contributed by atoms with E-state index in [2.05, 4.69) is 0 Å². The summed E-state index contributed by atoms with van der Waals surface area (Å²) in [5.41, 5.74) is 0. The Kier molecular flexibility index (Phi) is 4.83. The summed E-state index contributed by atoms with van der Waals surface area (Å²) >= 11 is 0.483. The molecule has 0 fully saturated rings. The highest BCUT2D eigenvalue weighted by Crippen LogP contribution is 2.45. The summed E-state index contributed by atoms with van der Waals surface area (Å²) in [6.45, 7) is 4.07. The summed E-state index contributed by atoms with van der Waals surface area (Å²) < 4.78 is 20.8. The van der Waals surface area contributed by atoms with E-state index in [-0.39, 0.29) is 0 Å². The molecule has 0 radical (unpaired) electrons. The molecule has 5 heteroatoms. The molecule has 0 aliphatic carbocycles. The highest BCUT2D eigenvalue weighted by Gasteiger charge is 2.15. The first-order chi connectivity index (χ1) is 4.18. The zero-order valence-electron chi connectivity index (χ0n) is 6.09. The second kappa shape index (κ2) is 4.49. The van der Waals surface area contributed by atoms with Crippen molar-refractivity contribution in [2.75, 3.05) is 12.8 Å².